The molecule has 4 nitrogen and oxygen atoms in total. The molecule has 1 fully saturated rings. The predicted octanol–water partition coefficient (Wildman–Crippen LogP) is 3.48. The number of hydrogen-bond donors (Lipinski definition) is 0. The zero-order chi connectivity index (χ0) is 15.0. The SMILES string of the molecule is COC1CCN(c2cc(=O)c3cc(C)cc(Br)c3o2)CC1. The van der Waals surface area contributed by atoms with Crippen LogP contribution in [0.2, 0.25) is 0 Å². The van der Waals surface area contributed by atoms with Crippen LogP contribution in [0.5, 0.6) is 0 Å². The summed E-state index contributed by atoms with van der Waals surface area (Å²) < 4.78 is 12.2. The molecule has 0 saturated carbocycles. The lowest BCUT2D eigenvalue weighted by Crippen LogP contribution is -2.37. The standard InChI is InChI=1S/C16H18BrNO3/c1-10-7-12-14(19)9-15(21-16(12)13(17)8-10)18-5-3-11(20-2)4-6-18/h7-9,11H,3-6H2,1-2H3. The number of piperidine rings is 1. The van der Waals surface area contributed by atoms with Crippen LogP contribution in [0.1, 0.15) is 18.4 Å². The molecule has 3 rings (SSSR count). The lowest BCUT2D eigenvalue weighted by Gasteiger charge is -2.31. The Morgan fingerprint density at radius 3 is 2.67 bits per heavy atom. The van der Waals surface area contributed by atoms with E-state index < -0.39 is 0 Å². The maximum absolute atomic E-state index is 12.3. The van der Waals surface area contributed by atoms with Gasteiger partial charge in [-0.25, -0.2) is 0 Å². The number of ether oxygens (including phenoxy) is 1. The van der Waals surface area contributed by atoms with Crippen molar-refractivity contribution in [3.8, 4) is 0 Å². The maximum Gasteiger partial charge on any atom is 0.200 e. The summed E-state index contributed by atoms with van der Waals surface area (Å²) >= 11 is 3.49. The van der Waals surface area contributed by atoms with Crippen molar-refractivity contribution < 1.29 is 9.15 Å². The van der Waals surface area contributed by atoms with Crippen molar-refractivity contribution in [3.05, 3.63) is 38.5 Å². The molecular weight excluding hydrogens is 334 g/mol. The number of fused-ring (bicyclic) bond motifs is 1. The van der Waals surface area contributed by atoms with Crippen LogP contribution >= 0.6 is 15.9 Å². The Hall–Kier alpha value is -1.33. The van der Waals surface area contributed by atoms with Crippen LogP contribution in [0.4, 0.5) is 5.88 Å². The second-order valence-corrected chi connectivity index (χ2v) is 6.35. The molecule has 5 heteroatoms. The van der Waals surface area contributed by atoms with Gasteiger partial charge in [-0.2, -0.15) is 0 Å². The molecule has 0 radical (unpaired) electrons. The van der Waals surface area contributed by atoms with E-state index in [2.05, 4.69) is 20.8 Å². The van der Waals surface area contributed by atoms with Gasteiger partial charge in [-0.3, -0.25) is 4.79 Å². The van der Waals surface area contributed by atoms with Gasteiger partial charge in [0.2, 0.25) is 0 Å². The highest BCUT2D eigenvalue weighted by molar-refractivity contribution is 9.10. The first kappa shape index (κ1) is 14.6. The normalized spacial score (nSPS) is 16.6. The highest BCUT2D eigenvalue weighted by atomic mass is 79.9. The van der Waals surface area contributed by atoms with Gasteiger partial charge < -0.3 is 14.1 Å². The van der Waals surface area contributed by atoms with E-state index in [0.29, 0.717) is 23.0 Å². The number of benzene rings is 1. The molecule has 2 heterocycles. The number of rotatable bonds is 2. The molecule has 0 aliphatic carbocycles. The fraction of sp³-hybridized carbons (Fsp3) is 0.438. The van der Waals surface area contributed by atoms with Crippen molar-refractivity contribution >= 4 is 32.8 Å². The molecule has 0 unspecified atom stereocenters. The number of halogens is 1. The molecule has 1 aliphatic rings. The zero-order valence-electron chi connectivity index (χ0n) is 12.2. The van der Waals surface area contributed by atoms with Crippen LogP contribution in [0.25, 0.3) is 11.0 Å². The minimum Gasteiger partial charge on any atom is -0.439 e. The minimum absolute atomic E-state index is 0.00418. The number of aryl methyl sites for hydroxylation is 1. The molecule has 0 bridgehead atoms. The fourth-order valence-corrected chi connectivity index (χ4v) is 3.46. The van der Waals surface area contributed by atoms with E-state index >= 15 is 0 Å². The van der Waals surface area contributed by atoms with Gasteiger partial charge in [0.1, 0.15) is 0 Å². The van der Waals surface area contributed by atoms with E-state index in [4.69, 9.17) is 9.15 Å². The highest BCUT2D eigenvalue weighted by Crippen LogP contribution is 2.28. The van der Waals surface area contributed by atoms with Crippen molar-refractivity contribution in [2.24, 2.45) is 0 Å². The minimum atomic E-state index is 0.00418. The van der Waals surface area contributed by atoms with Gasteiger partial charge in [-0.1, -0.05) is 0 Å². The monoisotopic (exact) mass is 351 g/mol. The van der Waals surface area contributed by atoms with E-state index in [0.717, 1.165) is 36.0 Å². The third kappa shape index (κ3) is 2.85. The largest absolute Gasteiger partial charge is 0.439 e. The van der Waals surface area contributed by atoms with Gasteiger partial charge in [0, 0.05) is 26.3 Å². The molecule has 1 aromatic carbocycles. The molecule has 1 aliphatic heterocycles. The fourth-order valence-electron chi connectivity index (χ4n) is 2.81. The summed E-state index contributed by atoms with van der Waals surface area (Å²) in [4.78, 5) is 14.4. The molecular formula is C16H18BrNO3. The summed E-state index contributed by atoms with van der Waals surface area (Å²) in [6, 6.07) is 5.43. The van der Waals surface area contributed by atoms with Gasteiger partial charge in [0.05, 0.1) is 16.0 Å². The number of nitrogens with zero attached hydrogens (tertiary/aromatic N) is 1. The molecule has 0 N–H and O–H groups in total. The van der Waals surface area contributed by atoms with Crippen LogP contribution in [0.3, 0.4) is 0 Å². The Morgan fingerprint density at radius 2 is 2.00 bits per heavy atom. The summed E-state index contributed by atoms with van der Waals surface area (Å²) in [6.07, 6.45) is 2.21. The lowest BCUT2D eigenvalue weighted by molar-refractivity contribution is 0.0812. The Morgan fingerprint density at radius 1 is 1.29 bits per heavy atom. The molecule has 0 amide bonds. The first-order valence-corrected chi connectivity index (χ1v) is 7.89. The van der Waals surface area contributed by atoms with Gasteiger partial charge in [-0.15, -0.1) is 0 Å². The van der Waals surface area contributed by atoms with Gasteiger partial charge >= 0.3 is 0 Å². The first-order valence-electron chi connectivity index (χ1n) is 7.10. The van der Waals surface area contributed by atoms with Gasteiger partial charge in [0.15, 0.2) is 16.9 Å². The van der Waals surface area contributed by atoms with E-state index in [1.807, 2.05) is 19.1 Å². The second kappa shape index (κ2) is 5.81. The van der Waals surface area contributed by atoms with Gasteiger partial charge in [0.25, 0.3) is 0 Å². The van der Waals surface area contributed by atoms with Crippen molar-refractivity contribution in [1.82, 2.24) is 0 Å². The highest BCUT2D eigenvalue weighted by Gasteiger charge is 2.21. The van der Waals surface area contributed by atoms with Crippen LogP contribution in [-0.4, -0.2) is 26.3 Å². The Balaban J connectivity index is 2.00. The zero-order valence-corrected chi connectivity index (χ0v) is 13.8. The molecule has 112 valence electrons. The number of hydrogen-bond acceptors (Lipinski definition) is 4. The summed E-state index contributed by atoms with van der Waals surface area (Å²) in [7, 11) is 1.75. The predicted molar refractivity (Wildman–Crippen MR) is 87.2 cm³/mol. The summed E-state index contributed by atoms with van der Waals surface area (Å²) in [6.45, 7) is 3.65. The van der Waals surface area contributed by atoms with E-state index in [9.17, 15) is 4.79 Å². The van der Waals surface area contributed by atoms with Crippen molar-refractivity contribution in [3.63, 3.8) is 0 Å². The van der Waals surface area contributed by atoms with E-state index in [1.54, 1.807) is 13.2 Å². The summed E-state index contributed by atoms with van der Waals surface area (Å²) in [5.41, 5.74) is 1.66. The van der Waals surface area contributed by atoms with E-state index in [-0.39, 0.29) is 5.43 Å². The maximum atomic E-state index is 12.3. The first-order chi connectivity index (χ1) is 10.1. The van der Waals surface area contributed by atoms with Crippen molar-refractivity contribution in [2.75, 3.05) is 25.1 Å². The topological polar surface area (TPSA) is 42.7 Å². The Labute approximate surface area is 131 Å². The average Bonchev–Trinajstić information content (AvgIpc) is 2.48. The Bertz CT molecular complexity index is 717. The third-order valence-corrected chi connectivity index (χ3v) is 4.59. The van der Waals surface area contributed by atoms with Crippen LogP contribution in [0, 0.1) is 6.92 Å². The van der Waals surface area contributed by atoms with Crippen LogP contribution in [0.15, 0.2) is 31.9 Å². The summed E-state index contributed by atoms with van der Waals surface area (Å²) in [5, 5.41) is 0.623. The smallest absolute Gasteiger partial charge is 0.200 e. The molecule has 0 spiro atoms. The molecule has 2 aromatic rings. The number of anilines is 1. The molecule has 1 saturated heterocycles. The molecule has 0 atom stereocenters. The van der Waals surface area contributed by atoms with Crippen LogP contribution < -0.4 is 10.3 Å². The third-order valence-electron chi connectivity index (χ3n) is 4.00. The van der Waals surface area contributed by atoms with Crippen molar-refractivity contribution in [1.29, 1.82) is 0 Å². The molecule has 21 heavy (non-hydrogen) atoms. The quantitative estimate of drug-likeness (QED) is 0.830. The van der Waals surface area contributed by atoms with E-state index in [1.165, 1.54) is 0 Å². The second-order valence-electron chi connectivity index (χ2n) is 5.49. The molecule has 1 aromatic heterocycles. The number of methoxy groups -OCH3 is 1. The Kier molecular flexibility index (Phi) is 4.04. The van der Waals surface area contributed by atoms with Crippen LogP contribution in [-0.2, 0) is 4.74 Å². The average molecular weight is 352 g/mol. The lowest BCUT2D eigenvalue weighted by atomic mass is 10.1. The van der Waals surface area contributed by atoms with Crippen molar-refractivity contribution in [2.45, 2.75) is 25.9 Å². The van der Waals surface area contributed by atoms with Gasteiger partial charge in [-0.05, 0) is 53.4 Å². The summed E-state index contributed by atoms with van der Waals surface area (Å²) in [5.74, 6) is 0.645.